The van der Waals surface area contributed by atoms with E-state index in [1.54, 1.807) is 0 Å². The summed E-state index contributed by atoms with van der Waals surface area (Å²) in [5.41, 5.74) is 0. The summed E-state index contributed by atoms with van der Waals surface area (Å²) >= 11 is 0. The fourth-order valence-corrected chi connectivity index (χ4v) is 1.20. The first-order chi connectivity index (χ1) is 8.92. The zero-order valence-electron chi connectivity index (χ0n) is 9.19. The van der Waals surface area contributed by atoms with Crippen LogP contribution in [0.5, 0.6) is 17.4 Å². The first kappa shape index (κ1) is 13.1. The molecule has 0 N–H and O–H groups in total. The lowest BCUT2D eigenvalue weighted by Gasteiger charge is -2.09. The van der Waals surface area contributed by atoms with Crippen LogP contribution in [-0.2, 0) is 0 Å². The van der Waals surface area contributed by atoms with Crippen molar-refractivity contribution in [2.75, 3.05) is 0 Å². The van der Waals surface area contributed by atoms with Crippen molar-refractivity contribution >= 4 is 0 Å². The van der Waals surface area contributed by atoms with Crippen LogP contribution in [0.25, 0.3) is 0 Å². The maximum absolute atomic E-state index is 12.7. The Morgan fingerprint density at radius 3 is 2.16 bits per heavy atom. The Morgan fingerprint density at radius 2 is 1.58 bits per heavy atom. The number of hydrogen-bond acceptors (Lipinski definition) is 4. The van der Waals surface area contributed by atoms with Gasteiger partial charge in [-0.05, 0) is 24.3 Å². The highest BCUT2D eigenvalue weighted by molar-refractivity contribution is 5.33. The molecule has 0 atom stereocenters. The zero-order valence-corrected chi connectivity index (χ0v) is 9.19. The molecule has 0 amide bonds. The molecule has 0 saturated carbocycles. The van der Waals surface area contributed by atoms with E-state index in [9.17, 15) is 17.6 Å². The van der Waals surface area contributed by atoms with Gasteiger partial charge in [0.25, 0.3) is 0 Å². The predicted molar refractivity (Wildman–Crippen MR) is 55.2 cm³/mol. The summed E-state index contributed by atoms with van der Waals surface area (Å²) in [4.78, 5) is 6.87. The molecule has 0 radical (unpaired) electrons. The van der Waals surface area contributed by atoms with Gasteiger partial charge in [0.2, 0.25) is 11.8 Å². The molecule has 100 valence electrons. The Labute approximate surface area is 104 Å². The number of halogens is 4. The maximum Gasteiger partial charge on any atom is 0.573 e. The van der Waals surface area contributed by atoms with Gasteiger partial charge < -0.3 is 9.47 Å². The molecule has 2 aromatic rings. The minimum Gasteiger partial charge on any atom is -0.439 e. The number of hydrogen-bond donors (Lipinski definition) is 0. The Hall–Kier alpha value is -2.38. The van der Waals surface area contributed by atoms with Gasteiger partial charge in [-0.25, -0.2) is 9.97 Å². The van der Waals surface area contributed by atoms with E-state index in [1.165, 1.54) is 12.1 Å². The molecular formula is C11H6F4N2O2. The standard InChI is InChI=1S/C11H6F4N2O2/c12-9-5-10(17-6-16-9)18-7-1-3-8(4-2-7)19-11(13,14)15/h1-6H. The molecule has 0 aliphatic heterocycles. The molecule has 0 aliphatic carbocycles. The quantitative estimate of drug-likeness (QED) is 0.636. The van der Waals surface area contributed by atoms with Gasteiger partial charge in [-0.1, -0.05) is 0 Å². The van der Waals surface area contributed by atoms with Crippen LogP contribution in [0.15, 0.2) is 36.7 Å². The normalized spacial score (nSPS) is 11.2. The Balaban J connectivity index is 2.07. The topological polar surface area (TPSA) is 44.2 Å². The molecule has 0 fully saturated rings. The average Bonchev–Trinajstić information content (AvgIpc) is 2.30. The first-order valence-corrected chi connectivity index (χ1v) is 4.93. The Bertz CT molecular complexity index is 557. The van der Waals surface area contributed by atoms with Gasteiger partial charge in [-0.2, -0.15) is 4.39 Å². The lowest BCUT2D eigenvalue weighted by Crippen LogP contribution is -2.16. The minimum atomic E-state index is -4.75. The van der Waals surface area contributed by atoms with Crippen LogP contribution in [0.2, 0.25) is 0 Å². The molecule has 0 unspecified atom stereocenters. The summed E-state index contributed by atoms with van der Waals surface area (Å²) in [5.74, 6) is -1.03. The number of alkyl halides is 3. The van der Waals surface area contributed by atoms with Crippen molar-refractivity contribution in [2.45, 2.75) is 6.36 Å². The summed E-state index contributed by atoms with van der Waals surface area (Å²) in [6.07, 6.45) is -3.79. The Morgan fingerprint density at radius 1 is 0.947 bits per heavy atom. The van der Waals surface area contributed by atoms with E-state index in [1.807, 2.05) is 0 Å². The lowest BCUT2D eigenvalue weighted by molar-refractivity contribution is -0.274. The predicted octanol–water partition coefficient (Wildman–Crippen LogP) is 3.31. The molecule has 19 heavy (non-hydrogen) atoms. The third-order valence-corrected chi connectivity index (χ3v) is 1.89. The van der Waals surface area contributed by atoms with Crippen LogP contribution in [0.4, 0.5) is 17.6 Å². The van der Waals surface area contributed by atoms with Gasteiger partial charge in [0, 0.05) is 0 Å². The van der Waals surface area contributed by atoms with E-state index in [-0.39, 0.29) is 17.4 Å². The van der Waals surface area contributed by atoms with Crippen molar-refractivity contribution in [3.63, 3.8) is 0 Å². The molecule has 8 heteroatoms. The largest absolute Gasteiger partial charge is 0.573 e. The van der Waals surface area contributed by atoms with Gasteiger partial charge in [0.15, 0.2) is 0 Å². The number of ether oxygens (including phenoxy) is 2. The Kier molecular flexibility index (Phi) is 3.50. The summed E-state index contributed by atoms with van der Waals surface area (Å²) in [7, 11) is 0. The van der Waals surface area contributed by atoms with Crippen LogP contribution in [0.1, 0.15) is 0 Å². The summed E-state index contributed by atoms with van der Waals surface area (Å²) in [6.45, 7) is 0. The van der Waals surface area contributed by atoms with Crippen molar-refractivity contribution in [3.05, 3.63) is 42.6 Å². The van der Waals surface area contributed by atoms with Gasteiger partial charge in [-0.3, -0.25) is 0 Å². The van der Waals surface area contributed by atoms with Crippen molar-refractivity contribution in [2.24, 2.45) is 0 Å². The smallest absolute Gasteiger partial charge is 0.439 e. The first-order valence-electron chi connectivity index (χ1n) is 4.93. The van der Waals surface area contributed by atoms with Gasteiger partial charge in [0.1, 0.15) is 17.8 Å². The lowest BCUT2D eigenvalue weighted by atomic mass is 10.3. The van der Waals surface area contributed by atoms with Crippen LogP contribution >= 0.6 is 0 Å². The molecule has 0 bridgehead atoms. The number of benzene rings is 1. The second-order valence-corrected chi connectivity index (χ2v) is 3.30. The summed E-state index contributed by atoms with van der Waals surface area (Å²) < 4.78 is 57.3. The number of nitrogens with zero attached hydrogens (tertiary/aromatic N) is 2. The number of rotatable bonds is 3. The van der Waals surface area contributed by atoms with Gasteiger partial charge in [-0.15, -0.1) is 13.2 Å². The monoisotopic (exact) mass is 274 g/mol. The molecule has 2 rings (SSSR count). The number of aromatic nitrogens is 2. The highest BCUT2D eigenvalue weighted by Gasteiger charge is 2.30. The van der Waals surface area contributed by atoms with E-state index in [2.05, 4.69) is 14.7 Å². The van der Waals surface area contributed by atoms with Gasteiger partial charge >= 0.3 is 6.36 Å². The summed E-state index contributed by atoms with van der Waals surface area (Å²) in [5, 5.41) is 0. The average molecular weight is 274 g/mol. The molecule has 0 spiro atoms. The minimum absolute atomic E-state index is 0.0583. The third kappa shape index (κ3) is 4.09. The van der Waals surface area contributed by atoms with Crippen molar-refractivity contribution in [1.82, 2.24) is 9.97 Å². The van der Waals surface area contributed by atoms with Crippen molar-refractivity contribution < 1.29 is 27.0 Å². The maximum atomic E-state index is 12.7. The molecule has 0 aliphatic rings. The van der Waals surface area contributed by atoms with Crippen molar-refractivity contribution in [1.29, 1.82) is 0 Å². The molecule has 1 aromatic heterocycles. The molecule has 4 nitrogen and oxygen atoms in total. The third-order valence-electron chi connectivity index (χ3n) is 1.89. The van der Waals surface area contributed by atoms with E-state index in [4.69, 9.17) is 4.74 Å². The van der Waals surface area contributed by atoms with E-state index >= 15 is 0 Å². The van der Waals surface area contributed by atoms with Crippen LogP contribution < -0.4 is 9.47 Å². The SMILES string of the molecule is Fc1cc(Oc2ccc(OC(F)(F)F)cc2)ncn1. The van der Waals surface area contributed by atoms with E-state index < -0.39 is 12.3 Å². The van der Waals surface area contributed by atoms with E-state index in [0.717, 1.165) is 24.5 Å². The molecular weight excluding hydrogens is 268 g/mol. The highest BCUT2D eigenvalue weighted by Crippen LogP contribution is 2.26. The van der Waals surface area contributed by atoms with Crippen LogP contribution in [0, 0.1) is 5.95 Å². The zero-order chi connectivity index (χ0) is 13.9. The fraction of sp³-hybridized carbons (Fsp3) is 0.0909. The second kappa shape index (κ2) is 5.09. The molecule has 0 saturated heterocycles. The van der Waals surface area contributed by atoms with Gasteiger partial charge in [0.05, 0.1) is 6.07 Å². The highest BCUT2D eigenvalue weighted by atomic mass is 19.4. The van der Waals surface area contributed by atoms with Crippen molar-refractivity contribution in [3.8, 4) is 17.4 Å². The molecule has 1 aromatic carbocycles. The van der Waals surface area contributed by atoms with Crippen LogP contribution in [0.3, 0.4) is 0 Å². The fourth-order valence-electron chi connectivity index (χ4n) is 1.20. The van der Waals surface area contributed by atoms with Crippen LogP contribution in [-0.4, -0.2) is 16.3 Å². The second-order valence-electron chi connectivity index (χ2n) is 3.30. The summed E-state index contributed by atoms with van der Waals surface area (Å²) in [6, 6.07) is 5.56. The molecule has 1 heterocycles. The van der Waals surface area contributed by atoms with E-state index in [0.29, 0.717) is 0 Å².